The van der Waals surface area contributed by atoms with Crippen molar-refractivity contribution >= 4 is 5.91 Å². The number of alkyl halides is 2. The van der Waals surface area contributed by atoms with Crippen molar-refractivity contribution in [3.05, 3.63) is 11.7 Å². The van der Waals surface area contributed by atoms with Crippen LogP contribution in [0.1, 0.15) is 45.3 Å². The molecule has 0 radical (unpaired) electrons. The molecule has 0 aliphatic rings. The molecule has 0 fully saturated rings. The number of aromatic nitrogens is 2. The van der Waals surface area contributed by atoms with E-state index in [1.807, 2.05) is 20.8 Å². The molecule has 120 valence electrons. The summed E-state index contributed by atoms with van der Waals surface area (Å²) in [5.41, 5.74) is 4.68. The number of nitrogens with one attached hydrogen (secondary N) is 1. The highest BCUT2D eigenvalue weighted by molar-refractivity contribution is 5.75. The lowest BCUT2D eigenvalue weighted by Crippen LogP contribution is -2.41. The Kier molecular flexibility index (Phi) is 5.77. The summed E-state index contributed by atoms with van der Waals surface area (Å²) in [6.07, 6.45) is 1.00. The Morgan fingerprint density at radius 2 is 2.05 bits per heavy atom. The maximum atomic E-state index is 12.8. The van der Waals surface area contributed by atoms with Crippen molar-refractivity contribution in [3.63, 3.8) is 0 Å². The minimum atomic E-state index is -3.07. The Balaban J connectivity index is 2.30. The summed E-state index contributed by atoms with van der Waals surface area (Å²) >= 11 is 0. The van der Waals surface area contributed by atoms with Gasteiger partial charge in [-0.2, -0.15) is 4.98 Å². The van der Waals surface area contributed by atoms with Crippen LogP contribution in [0.4, 0.5) is 8.78 Å². The first-order chi connectivity index (χ1) is 9.64. The Hall–Kier alpha value is -1.57. The number of aryl methyl sites for hydroxylation is 1. The van der Waals surface area contributed by atoms with Gasteiger partial charge in [0.2, 0.25) is 11.8 Å². The lowest BCUT2D eigenvalue weighted by Gasteiger charge is -2.14. The van der Waals surface area contributed by atoms with Crippen LogP contribution in [0, 0.1) is 0 Å². The third kappa shape index (κ3) is 6.16. The highest BCUT2D eigenvalue weighted by atomic mass is 19.3. The molecule has 0 atom stereocenters. The van der Waals surface area contributed by atoms with Crippen molar-refractivity contribution in [2.24, 2.45) is 5.73 Å². The molecule has 0 saturated heterocycles. The highest BCUT2D eigenvalue weighted by Crippen LogP contribution is 2.18. The molecule has 0 aliphatic heterocycles. The van der Waals surface area contributed by atoms with E-state index in [9.17, 15) is 13.6 Å². The van der Waals surface area contributed by atoms with Gasteiger partial charge in [0.15, 0.2) is 5.82 Å². The minimum absolute atomic E-state index is 0.119. The number of nitrogens with zero attached hydrogens (tertiary/aromatic N) is 2. The van der Waals surface area contributed by atoms with Crippen LogP contribution in [-0.4, -0.2) is 35.1 Å². The number of hydrogen-bond acceptors (Lipinski definition) is 5. The lowest BCUT2D eigenvalue weighted by atomic mass is 9.96. The van der Waals surface area contributed by atoms with Gasteiger partial charge in [0, 0.05) is 18.3 Å². The molecule has 21 heavy (non-hydrogen) atoms. The number of amides is 1. The average Bonchev–Trinajstić information content (AvgIpc) is 2.85. The van der Waals surface area contributed by atoms with E-state index in [-0.39, 0.29) is 11.8 Å². The van der Waals surface area contributed by atoms with Gasteiger partial charge >= 0.3 is 0 Å². The van der Waals surface area contributed by atoms with Crippen LogP contribution in [0.3, 0.4) is 0 Å². The van der Waals surface area contributed by atoms with Gasteiger partial charge < -0.3 is 15.6 Å². The first kappa shape index (κ1) is 17.5. The van der Waals surface area contributed by atoms with Gasteiger partial charge in [0.1, 0.15) is 0 Å². The summed E-state index contributed by atoms with van der Waals surface area (Å²) in [5, 5.41) is 6.02. The van der Waals surface area contributed by atoms with Crippen molar-refractivity contribution in [2.75, 3.05) is 13.1 Å². The second-order valence-electron chi connectivity index (χ2n) is 5.95. The fourth-order valence-electron chi connectivity index (χ4n) is 1.45. The summed E-state index contributed by atoms with van der Waals surface area (Å²) in [6.45, 7) is 4.37. The molecule has 1 heterocycles. The Morgan fingerprint density at radius 3 is 2.57 bits per heavy atom. The van der Waals surface area contributed by atoms with Gasteiger partial charge in [-0.25, -0.2) is 8.78 Å². The van der Waals surface area contributed by atoms with Crippen molar-refractivity contribution < 1.29 is 18.1 Å². The molecule has 1 aromatic rings. The zero-order valence-corrected chi connectivity index (χ0v) is 12.6. The normalized spacial score (nSPS) is 12.5. The topological polar surface area (TPSA) is 94.0 Å². The molecule has 0 unspecified atom stereocenters. The smallest absolute Gasteiger partial charge is 0.277 e. The first-order valence-corrected chi connectivity index (χ1v) is 6.82. The molecule has 1 amide bonds. The molecule has 0 aliphatic carbocycles. The number of halogens is 2. The largest absolute Gasteiger partial charge is 0.350 e. The van der Waals surface area contributed by atoms with Crippen LogP contribution in [0.15, 0.2) is 4.52 Å². The zero-order chi connectivity index (χ0) is 16.1. The van der Waals surface area contributed by atoms with E-state index < -0.39 is 24.9 Å². The SMILES string of the molecule is CC(C)(C)c1noc(CCCC(=O)NCC(F)(F)CN)n1. The maximum absolute atomic E-state index is 12.8. The fourth-order valence-corrected chi connectivity index (χ4v) is 1.45. The van der Waals surface area contributed by atoms with Crippen LogP contribution in [-0.2, 0) is 16.6 Å². The molecule has 3 N–H and O–H groups in total. The number of carbonyl (C=O) groups excluding carboxylic acids is 1. The van der Waals surface area contributed by atoms with Crippen LogP contribution in [0.5, 0.6) is 0 Å². The lowest BCUT2D eigenvalue weighted by molar-refractivity contribution is -0.123. The molecular formula is C13H22F2N4O2. The van der Waals surface area contributed by atoms with E-state index in [2.05, 4.69) is 15.5 Å². The third-order valence-electron chi connectivity index (χ3n) is 2.78. The van der Waals surface area contributed by atoms with Gasteiger partial charge in [-0.05, 0) is 6.42 Å². The summed E-state index contributed by atoms with van der Waals surface area (Å²) in [7, 11) is 0. The summed E-state index contributed by atoms with van der Waals surface area (Å²) in [5.74, 6) is -2.47. The molecular weight excluding hydrogens is 282 g/mol. The van der Waals surface area contributed by atoms with Gasteiger partial charge in [0.25, 0.3) is 5.92 Å². The zero-order valence-electron chi connectivity index (χ0n) is 12.6. The predicted octanol–water partition coefficient (Wildman–Crippen LogP) is 1.40. The molecule has 0 bridgehead atoms. The monoisotopic (exact) mass is 304 g/mol. The van der Waals surface area contributed by atoms with Crippen molar-refractivity contribution in [1.29, 1.82) is 0 Å². The van der Waals surface area contributed by atoms with E-state index >= 15 is 0 Å². The fraction of sp³-hybridized carbons (Fsp3) is 0.769. The summed E-state index contributed by atoms with van der Waals surface area (Å²) in [6, 6.07) is 0. The summed E-state index contributed by atoms with van der Waals surface area (Å²) in [4.78, 5) is 15.6. The second kappa shape index (κ2) is 6.93. The van der Waals surface area contributed by atoms with Crippen molar-refractivity contribution in [1.82, 2.24) is 15.5 Å². The molecule has 0 aromatic carbocycles. The van der Waals surface area contributed by atoms with Crippen LogP contribution in [0.25, 0.3) is 0 Å². The van der Waals surface area contributed by atoms with Gasteiger partial charge in [-0.1, -0.05) is 25.9 Å². The number of rotatable bonds is 7. The first-order valence-electron chi connectivity index (χ1n) is 6.82. The van der Waals surface area contributed by atoms with Gasteiger partial charge in [-0.3, -0.25) is 4.79 Å². The standard InChI is InChI=1S/C13H22F2N4O2/c1-12(2,3)11-18-10(21-19-11)6-4-5-9(20)17-8-13(14,15)7-16/h4-8,16H2,1-3H3,(H,17,20). The van der Waals surface area contributed by atoms with Gasteiger partial charge in [-0.15, -0.1) is 0 Å². The van der Waals surface area contributed by atoms with E-state index in [1.165, 1.54) is 0 Å². The van der Waals surface area contributed by atoms with E-state index in [1.54, 1.807) is 0 Å². The highest BCUT2D eigenvalue weighted by Gasteiger charge is 2.27. The van der Waals surface area contributed by atoms with Crippen LogP contribution < -0.4 is 11.1 Å². The van der Waals surface area contributed by atoms with Crippen LogP contribution in [0.2, 0.25) is 0 Å². The second-order valence-corrected chi connectivity index (χ2v) is 5.95. The molecule has 0 saturated carbocycles. The predicted molar refractivity (Wildman–Crippen MR) is 72.9 cm³/mol. The van der Waals surface area contributed by atoms with Gasteiger partial charge in [0.05, 0.1) is 13.1 Å². The van der Waals surface area contributed by atoms with E-state index in [0.717, 1.165) is 0 Å². The molecule has 1 aromatic heterocycles. The number of hydrogen-bond donors (Lipinski definition) is 2. The molecule has 8 heteroatoms. The van der Waals surface area contributed by atoms with Crippen molar-refractivity contribution in [2.45, 2.75) is 51.4 Å². The Morgan fingerprint density at radius 1 is 1.38 bits per heavy atom. The maximum Gasteiger partial charge on any atom is 0.277 e. The number of nitrogens with two attached hydrogens (primary N) is 1. The van der Waals surface area contributed by atoms with E-state index in [4.69, 9.17) is 10.3 Å². The Bertz CT molecular complexity index is 469. The number of carbonyl (C=O) groups is 1. The Labute approximate surface area is 122 Å². The van der Waals surface area contributed by atoms with E-state index in [0.29, 0.717) is 24.6 Å². The molecule has 1 rings (SSSR count). The van der Waals surface area contributed by atoms with Crippen molar-refractivity contribution in [3.8, 4) is 0 Å². The minimum Gasteiger partial charge on any atom is -0.350 e. The quantitative estimate of drug-likeness (QED) is 0.794. The molecule has 0 spiro atoms. The third-order valence-corrected chi connectivity index (χ3v) is 2.78. The molecule has 6 nitrogen and oxygen atoms in total. The average molecular weight is 304 g/mol. The van der Waals surface area contributed by atoms with Crippen LogP contribution >= 0.6 is 0 Å². The summed E-state index contributed by atoms with van der Waals surface area (Å²) < 4.78 is 30.8.